The third kappa shape index (κ3) is 5.46. The van der Waals surface area contributed by atoms with E-state index in [1.165, 1.54) is 18.2 Å². The predicted octanol–water partition coefficient (Wildman–Crippen LogP) is 7.14. The maximum atomic E-state index is 14.1. The van der Waals surface area contributed by atoms with Gasteiger partial charge in [-0.25, -0.2) is 4.98 Å². The van der Waals surface area contributed by atoms with Gasteiger partial charge in [-0.05, 0) is 36.8 Å². The molecule has 3 heterocycles. The van der Waals surface area contributed by atoms with Crippen molar-refractivity contribution in [1.29, 1.82) is 0 Å². The maximum absolute atomic E-state index is 14.1. The molecule has 0 fully saturated rings. The lowest BCUT2D eigenvalue weighted by molar-refractivity contribution is -0.171. The molecule has 4 aromatic carbocycles. The second kappa shape index (κ2) is 11.9. The number of alkyl halides is 3. The number of benzene rings is 4. The van der Waals surface area contributed by atoms with Gasteiger partial charge >= 0.3 is 18.1 Å². The number of carboxylic acids is 1. The highest BCUT2D eigenvalue weighted by atomic mass is 19.4. The molecule has 0 saturated heterocycles. The van der Waals surface area contributed by atoms with Gasteiger partial charge in [-0.15, -0.1) is 0 Å². The van der Waals surface area contributed by atoms with Crippen LogP contribution in [0.3, 0.4) is 0 Å². The number of hydrogen-bond donors (Lipinski definition) is 1. The Morgan fingerprint density at radius 3 is 2.54 bits per heavy atom. The molecule has 2 aliphatic heterocycles. The highest BCUT2D eigenvalue weighted by molar-refractivity contribution is 5.98. The number of carbonyl (C=O) groups excluding carboxylic acids is 1. The van der Waals surface area contributed by atoms with Crippen LogP contribution in [0.5, 0.6) is 17.2 Å². The van der Waals surface area contributed by atoms with Crippen LogP contribution in [0.2, 0.25) is 0 Å². The van der Waals surface area contributed by atoms with Crippen molar-refractivity contribution in [1.82, 2.24) is 9.55 Å². The molecule has 1 unspecified atom stereocenters. The van der Waals surface area contributed by atoms with E-state index in [4.69, 9.17) is 14.2 Å². The SMILES string of the molecule is Cc1nc2ccc(OCc3ccccc3)cc2n1-c1cccc2c1OC[C@H]2N(C(=O)C(F)(F)F)c1ccc2c(c1)OC[C@H]2C(C)C(=O)O. The number of aryl methyl sites for hydroxylation is 1. The van der Waals surface area contributed by atoms with Gasteiger partial charge in [-0.1, -0.05) is 55.5 Å². The van der Waals surface area contributed by atoms with Crippen LogP contribution in [0.4, 0.5) is 18.9 Å². The Hall–Kier alpha value is -5.52. The van der Waals surface area contributed by atoms with Gasteiger partial charge in [0, 0.05) is 34.9 Å². The third-order valence-electron chi connectivity index (χ3n) is 8.91. The summed E-state index contributed by atoms with van der Waals surface area (Å²) >= 11 is 0. The molecular formula is C36H30F3N3O6. The molecule has 0 saturated carbocycles. The van der Waals surface area contributed by atoms with Crippen molar-refractivity contribution >= 4 is 28.6 Å². The second-order valence-electron chi connectivity index (χ2n) is 11.9. The Morgan fingerprint density at radius 1 is 1.00 bits per heavy atom. The van der Waals surface area contributed by atoms with E-state index in [1.807, 2.05) is 60.0 Å². The van der Waals surface area contributed by atoms with Crippen molar-refractivity contribution < 1.29 is 42.1 Å². The van der Waals surface area contributed by atoms with Gasteiger partial charge in [-0.3, -0.25) is 19.1 Å². The van der Waals surface area contributed by atoms with E-state index >= 15 is 0 Å². The monoisotopic (exact) mass is 657 g/mol. The van der Waals surface area contributed by atoms with E-state index < -0.39 is 35.9 Å². The van der Waals surface area contributed by atoms with Crippen molar-refractivity contribution in [3.05, 3.63) is 107 Å². The van der Waals surface area contributed by atoms with E-state index in [-0.39, 0.29) is 24.7 Å². The average molecular weight is 658 g/mol. The summed E-state index contributed by atoms with van der Waals surface area (Å²) in [5.74, 6) is -2.53. The van der Waals surface area contributed by atoms with E-state index in [9.17, 15) is 27.9 Å². The molecule has 0 bridgehead atoms. The van der Waals surface area contributed by atoms with Crippen molar-refractivity contribution in [3.63, 3.8) is 0 Å². The van der Waals surface area contributed by atoms with Crippen LogP contribution in [0.25, 0.3) is 16.7 Å². The van der Waals surface area contributed by atoms with Gasteiger partial charge in [-0.2, -0.15) is 13.2 Å². The molecule has 1 amide bonds. The van der Waals surface area contributed by atoms with Crippen LogP contribution >= 0.6 is 0 Å². The normalized spacial score (nSPS) is 17.3. The summed E-state index contributed by atoms with van der Waals surface area (Å²) in [5, 5.41) is 9.50. The summed E-state index contributed by atoms with van der Waals surface area (Å²) in [6, 6.07) is 23.6. The van der Waals surface area contributed by atoms with Gasteiger partial charge in [0.15, 0.2) is 0 Å². The third-order valence-corrected chi connectivity index (χ3v) is 8.91. The van der Waals surface area contributed by atoms with E-state index in [2.05, 4.69) is 4.98 Å². The summed E-state index contributed by atoms with van der Waals surface area (Å²) in [7, 11) is 0. The molecule has 0 radical (unpaired) electrons. The zero-order valence-electron chi connectivity index (χ0n) is 25.9. The molecule has 7 rings (SSSR count). The number of fused-ring (bicyclic) bond motifs is 3. The Morgan fingerprint density at radius 2 is 1.79 bits per heavy atom. The fraction of sp³-hybridized carbons (Fsp3) is 0.250. The van der Waals surface area contributed by atoms with Gasteiger partial charge < -0.3 is 19.3 Å². The number of aliphatic carboxylic acids is 1. The molecule has 246 valence electrons. The minimum Gasteiger partial charge on any atom is -0.493 e. The predicted molar refractivity (Wildman–Crippen MR) is 170 cm³/mol. The zero-order valence-corrected chi connectivity index (χ0v) is 25.9. The fourth-order valence-corrected chi connectivity index (χ4v) is 6.45. The molecule has 3 atom stereocenters. The molecule has 1 aromatic heterocycles. The van der Waals surface area contributed by atoms with Crippen molar-refractivity contribution in [3.8, 4) is 22.9 Å². The number of aromatic nitrogens is 2. The number of amides is 1. The molecule has 1 N–H and O–H groups in total. The molecule has 0 aliphatic carbocycles. The minimum absolute atomic E-state index is 0.0453. The topological polar surface area (TPSA) is 103 Å². The van der Waals surface area contributed by atoms with Gasteiger partial charge in [0.2, 0.25) is 0 Å². The molecule has 5 aromatic rings. The number of anilines is 1. The molecule has 0 spiro atoms. The summed E-state index contributed by atoms with van der Waals surface area (Å²) < 4.78 is 62.1. The van der Waals surface area contributed by atoms with Crippen LogP contribution in [0, 0.1) is 12.8 Å². The Kier molecular flexibility index (Phi) is 7.73. The number of para-hydroxylation sites is 1. The first kappa shape index (κ1) is 31.1. The van der Waals surface area contributed by atoms with Crippen LogP contribution in [0.15, 0.2) is 84.9 Å². The number of hydrogen-bond acceptors (Lipinski definition) is 6. The summed E-state index contributed by atoms with van der Waals surface area (Å²) in [5.41, 5.74) is 3.87. The lowest BCUT2D eigenvalue weighted by Crippen LogP contribution is -2.44. The first-order valence-electron chi connectivity index (χ1n) is 15.3. The highest BCUT2D eigenvalue weighted by Gasteiger charge is 2.48. The lowest BCUT2D eigenvalue weighted by Gasteiger charge is -2.29. The summed E-state index contributed by atoms with van der Waals surface area (Å²) in [6.45, 7) is 3.56. The highest BCUT2D eigenvalue weighted by Crippen LogP contribution is 2.47. The second-order valence-corrected chi connectivity index (χ2v) is 11.9. The fourth-order valence-electron chi connectivity index (χ4n) is 6.45. The van der Waals surface area contributed by atoms with Crippen molar-refractivity contribution in [2.75, 3.05) is 18.1 Å². The lowest BCUT2D eigenvalue weighted by atomic mass is 9.89. The van der Waals surface area contributed by atoms with Crippen LogP contribution < -0.4 is 19.1 Å². The summed E-state index contributed by atoms with van der Waals surface area (Å²) in [4.78, 5) is 30.0. The van der Waals surface area contributed by atoms with Crippen LogP contribution in [0.1, 0.15) is 41.4 Å². The molecule has 48 heavy (non-hydrogen) atoms. The van der Waals surface area contributed by atoms with Gasteiger partial charge in [0.25, 0.3) is 0 Å². The standard InChI is InChI=1S/C36H30F3N3O6/c1-20(34(43)44)27-18-47-32-15-23(11-13-25(27)32)42(35(45)36(37,38)39)31-19-48-33-26(31)9-6-10-29(33)41-21(2)40-28-14-12-24(16-30(28)41)46-17-22-7-4-3-5-8-22/h3-16,20,27,31H,17-19H2,1-2H3,(H,43,44)/t20?,27-,31+/m0/s1. The van der Waals surface area contributed by atoms with Crippen molar-refractivity contribution in [2.45, 2.75) is 38.6 Å². The van der Waals surface area contributed by atoms with Gasteiger partial charge in [0.05, 0.1) is 35.3 Å². The zero-order chi connectivity index (χ0) is 33.7. The van der Waals surface area contributed by atoms with Crippen LogP contribution in [-0.2, 0) is 16.2 Å². The molecular weight excluding hydrogens is 627 g/mol. The maximum Gasteiger partial charge on any atom is 0.471 e. The molecule has 2 aliphatic rings. The number of carboxylic acid groups (broad SMARTS) is 1. The Bertz CT molecular complexity index is 2040. The number of ether oxygens (including phenoxy) is 3. The smallest absolute Gasteiger partial charge is 0.471 e. The van der Waals surface area contributed by atoms with E-state index in [1.54, 1.807) is 25.1 Å². The Labute approximate surface area is 273 Å². The first-order chi connectivity index (χ1) is 23.0. The Balaban J connectivity index is 1.26. The molecule has 12 heteroatoms. The number of nitrogens with zero attached hydrogens (tertiary/aromatic N) is 3. The number of rotatable bonds is 8. The summed E-state index contributed by atoms with van der Waals surface area (Å²) in [6.07, 6.45) is -5.19. The van der Waals surface area contributed by atoms with E-state index in [0.717, 1.165) is 5.56 Å². The quantitative estimate of drug-likeness (QED) is 0.189. The van der Waals surface area contributed by atoms with Crippen LogP contribution in [-0.4, -0.2) is 45.9 Å². The first-order valence-corrected chi connectivity index (χ1v) is 15.3. The number of imidazole rings is 1. The molecule has 9 nitrogen and oxygen atoms in total. The number of halogens is 3. The number of carbonyl (C=O) groups is 2. The minimum atomic E-state index is -5.19. The van der Waals surface area contributed by atoms with Gasteiger partial charge in [0.1, 0.15) is 36.3 Å². The van der Waals surface area contributed by atoms with Crippen molar-refractivity contribution in [2.24, 2.45) is 5.92 Å². The van der Waals surface area contributed by atoms with E-state index in [0.29, 0.717) is 56.7 Å². The average Bonchev–Trinajstić information content (AvgIpc) is 3.78. The largest absolute Gasteiger partial charge is 0.493 e.